The van der Waals surface area contributed by atoms with Crippen molar-refractivity contribution in [3.8, 4) is 0 Å². The third kappa shape index (κ3) is 3.33. The zero-order valence-corrected chi connectivity index (χ0v) is 10.8. The number of carbonyl (C=O) groups is 1. The fourth-order valence-electron chi connectivity index (χ4n) is 1.64. The van der Waals surface area contributed by atoms with Crippen molar-refractivity contribution in [2.24, 2.45) is 10.8 Å². The molecule has 0 radical (unpaired) electrons. The predicted octanol–water partition coefficient (Wildman–Crippen LogP) is 2.76. The van der Waals surface area contributed by atoms with Crippen LogP contribution in [0, 0.1) is 0 Å². The largest absolute Gasteiger partial charge is 0.350 e. The number of hydrazone groups is 1. The monoisotopic (exact) mass is 273 g/mol. The van der Waals surface area contributed by atoms with Crippen molar-refractivity contribution in [2.45, 2.75) is 0 Å². The molecule has 2 rings (SSSR count). The van der Waals surface area contributed by atoms with Crippen molar-refractivity contribution in [1.29, 1.82) is 0 Å². The highest BCUT2D eigenvalue weighted by Gasteiger charge is 2.10. The molecule has 5 heteroatoms. The van der Waals surface area contributed by atoms with E-state index in [-0.39, 0.29) is 0 Å². The smallest absolute Gasteiger partial charge is 0.332 e. The average Bonchev–Trinajstić information content (AvgIpc) is 2.42. The minimum Gasteiger partial charge on any atom is -0.350 e. The van der Waals surface area contributed by atoms with E-state index in [2.05, 4.69) is 10.5 Å². The number of hydrogen-bond acceptors (Lipinski definition) is 2. The van der Waals surface area contributed by atoms with Crippen LogP contribution in [0.5, 0.6) is 0 Å². The van der Waals surface area contributed by atoms with Crippen molar-refractivity contribution in [1.82, 2.24) is 5.43 Å². The van der Waals surface area contributed by atoms with Crippen LogP contribution in [0.4, 0.5) is 4.79 Å². The molecule has 0 fully saturated rings. The first-order valence-electron chi connectivity index (χ1n) is 5.62. The van der Waals surface area contributed by atoms with Crippen LogP contribution < -0.4 is 11.2 Å². The van der Waals surface area contributed by atoms with Gasteiger partial charge < -0.3 is 5.73 Å². The second kappa shape index (κ2) is 6.02. The van der Waals surface area contributed by atoms with Crippen molar-refractivity contribution >= 4 is 23.3 Å². The molecule has 4 nitrogen and oxygen atoms in total. The van der Waals surface area contributed by atoms with Crippen LogP contribution in [0.15, 0.2) is 59.7 Å². The van der Waals surface area contributed by atoms with Gasteiger partial charge in [0.15, 0.2) is 0 Å². The molecular weight excluding hydrogens is 262 g/mol. The summed E-state index contributed by atoms with van der Waals surface area (Å²) in [7, 11) is 0. The zero-order chi connectivity index (χ0) is 13.7. The van der Waals surface area contributed by atoms with E-state index in [0.29, 0.717) is 10.7 Å². The average molecular weight is 274 g/mol. The van der Waals surface area contributed by atoms with Crippen molar-refractivity contribution in [3.05, 3.63) is 70.7 Å². The summed E-state index contributed by atoms with van der Waals surface area (Å²) in [5, 5.41) is 4.58. The summed E-state index contributed by atoms with van der Waals surface area (Å²) < 4.78 is 0. The van der Waals surface area contributed by atoms with Crippen molar-refractivity contribution in [3.63, 3.8) is 0 Å². The third-order valence-electron chi connectivity index (χ3n) is 2.45. The number of nitrogens with two attached hydrogens (primary N) is 1. The first-order valence-corrected chi connectivity index (χ1v) is 5.99. The first-order chi connectivity index (χ1) is 9.18. The van der Waals surface area contributed by atoms with Gasteiger partial charge in [-0.1, -0.05) is 60.1 Å². The molecular formula is C14H12ClN3O. The van der Waals surface area contributed by atoms with Crippen LogP contribution in [0.1, 0.15) is 11.1 Å². The van der Waals surface area contributed by atoms with Gasteiger partial charge in [0.05, 0.1) is 10.7 Å². The Kier molecular flexibility index (Phi) is 4.15. The summed E-state index contributed by atoms with van der Waals surface area (Å²) in [6, 6.07) is 16.0. The Labute approximate surface area is 115 Å². The van der Waals surface area contributed by atoms with Crippen LogP contribution in [0.25, 0.3) is 0 Å². The Morgan fingerprint density at radius 1 is 1.05 bits per heavy atom. The van der Waals surface area contributed by atoms with Gasteiger partial charge in [-0.2, -0.15) is 5.10 Å². The fraction of sp³-hybridized carbons (Fsp3) is 0. The second-order valence-electron chi connectivity index (χ2n) is 3.78. The van der Waals surface area contributed by atoms with Gasteiger partial charge >= 0.3 is 6.03 Å². The molecule has 0 unspecified atom stereocenters. The van der Waals surface area contributed by atoms with Gasteiger partial charge in [0, 0.05) is 11.1 Å². The molecule has 0 spiro atoms. The van der Waals surface area contributed by atoms with E-state index >= 15 is 0 Å². The molecule has 0 aliphatic rings. The van der Waals surface area contributed by atoms with E-state index < -0.39 is 6.03 Å². The summed E-state index contributed by atoms with van der Waals surface area (Å²) >= 11 is 6.16. The first kappa shape index (κ1) is 13.1. The molecule has 0 aliphatic carbocycles. The molecule has 19 heavy (non-hydrogen) atoms. The van der Waals surface area contributed by atoms with Crippen molar-refractivity contribution < 1.29 is 4.79 Å². The highest BCUT2D eigenvalue weighted by atomic mass is 35.5. The Hall–Kier alpha value is -2.33. The number of nitrogens with zero attached hydrogens (tertiary/aromatic N) is 1. The Morgan fingerprint density at radius 3 is 2.32 bits per heavy atom. The van der Waals surface area contributed by atoms with Gasteiger partial charge in [-0.25, -0.2) is 10.2 Å². The molecule has 2 aromatic rings. The van der Waals surface area contributed by atoms with Crippen molar-refractivity contribution in [2.75, 3.05) is 0 Å². The van der Waals surface area contributed by atoms with Gasteiger partial charge in [0.2, 0.25) is 0 Å². The van der Waals surface area contributed by atoms with Crippen LogP contribution in [0.2, 0.25) is 5.02 Å². The molecule has 0 saturated carbocycles. The molecule has 0 bridgehead atoms. The van der Waals surface area contributed by atoms with Crippen LogP contribution in [-0.2, 0) is 0 Å². The summed E-state index contributed by atoms with van der Waals surface area (Å²) in [4.78, 5) is 10.8. The molecule has 2 aromatic carbocycles. The number of nitrogens with one attached hydrogen (secondary N) is 1. The number of primary amides is 1. The molecule has 0 atom stereocenters. The molecule has 2 amide bonds. The van der Waals surface area contributed by atoms with Gasteiger partial charge in [-0.3, -0.25) is 0 Å². The molecule has 0 saturated heterocycles. The second-order valence-corrected chi connectivity index (χ2v) is 4.19. The topological polar surface area (TPSA) is 67.5 Å². The maximum Gasteiger partial charge on any atom is 0.332 e. The number of rotatable bonds is 3. The van der Waals surface area contributed by atoms with E-state index in [9.17, 15) is 4.79 Å². The minimum absolute atomic E-state index is 0.552. The number of urea groups is 1. The van der Waals surface area contributed by atoms with E-state index in [0.717, 1.165) is 11.1 Å². The zero-order valence-electron chi connectivity index (χ0n) is 10.0. The van der Waals surface area contributed by atoms with Gasteiger partial charge in [-0.05, 0) is 6.07 Å². The molecule has 0 heterocycles. The van der Waals surface area contributed by atoms with E-state index in [1.54, 1.807) is 6.07 Å². The van der Waals surface area contributed by atoms with E-state index in [1.165, 1.54) is 0 Å². The molecule has 0 aliphatic heterocycles. The van der Waals surface area contributed by atoms with Crippen LogP contribution >= 0.6 is 11.6 Å². The molecule has 3 N–H and O–H groups in total. The van der Waals surface area contributed by atoms with E-state index in [4.69, 9.17) is 17.3 Å². The summed E-state index contributed by atoms with van der Waals surface area (Å²) in [6.45, 7) is 0. The maximum absolute atomic E-state index is 10.8. The Morgan fingerprint density at radius 2 is 1.68 bits per heavy atom. The quantitative estimate of drug-likeness (QED) is 0.655. The lowest BCUT2D eigenvalue weighted by Gasteiger charge is -2.08. The lowest BCUT2D eigenvalue weighted by Crippen LogP contribution is -2.26. The Bertz CT molecular complexity index is 611. The highest BCUT2D eigenvalue weighted by Crippen LogP contribution is 2.19. The van der Waals surface area contributed by atoms with Crippen LogP contribution in [0.3, 0.4) is 0 Å². The molecule has 96 valence electrons. The number of benzene rings is 2. The van der Waals surface area contributed by atoms with Gasteiger partial charge in [-0.15, -0.1) is 0 Å². The summed E-state index contributed by atoms with van der Waals surface area (Å²) in [5.41, 5.74) is 9.41. The number of halogens is 1. The highest BCUT2D eigenvalue weighted by molar-refractivity contribution is 6.35. The number of carbonyl (C=O) groups excluding carboxylic acids is 1. The van der Waals surface area contributed by atoms with Gasteiger partial charge in [0.25, 0.3) is 0 Å². The maximum atomic E-state index is 10.8. The SMILES string of the molecule is NC(=O)NN=C(c1ccccc1)c1ccccc1Cl. The number of amides is 2. The summed E-state index contributed by atoms with van der Waals surface area (Å²) in [5.74, 6) is 0. The van der Waals surface area contributed by atoms with Gasteiger partial charge in [0.1, 0.15) is 0 Å². The third-order valence-corrected chi connectivity index (χ3v) is 2.78. The minimum atomic E-state index is -0.722. The fourth-order valence-corrected chi connectivity index (χ4v) is 1.87. The lowest BCUT2D eigenvalue weighted by atomic mass is 10.0. The lowest BCUT2D eigenvalue weighted by molar-refractivity contribution is 0.249. The summed E-state index contributed by atoms with van der Waals surface area (Å²) in [6.07, 6.45) is 0. The number of hydrogen-bond donors (Lipinski definition) is 2. The normalized spacial score (nSPS) is 11.1. The Balaban J connectivity index is 2.50. The molecule has 0 aromatic heterocycles. The van der Waals surface area contributed by atoms with Crippen LogP contribution in [-0.4, -0.2) is 11.7 Å². The standard InChI is InChI=1S/C14H12ClN3O/c15-12-9-5-4-8-11(12)13(17-18-14(16)19)10-6-2-1-3-7-10/h1-9H,(H3,16,18,19). The van der Waals surface area contributed by atoms with E-state index in [1.807, 2.05) is 48.5 Å². The predicted molar refractivity (Wildman–Crippen MR) is 76.3 cm³/mol.